The molecule has 1 atom stereocenters. The number of carbonyl (C=O) groups excluding carboxylic acids is 2. The Balaban J connectivity index is 2.17. The van der Waals surface area contributed by atoms with Crippen molar-refractivity contribution >= 4 is 29.2 Å². The van der Waals surface area contributed by atoms with Crippen LogP contribution in [0.15, 0.2) is 36.4 Å². The molecule has 156 valence electrons. The van der Waals surface area contributed by atoms with E-state index in [4.69, 9.17) is 21.1 Å². The second kappa shape index (κ2) is 9.04. The molecular formula is C19H17ClF3NO5. The fourth-order valence-corrected chi connectivity index (χ4v) is 2.45. The summed E-state index contributed by atoms with van der Waals surface area (Å²) in [4.78, 5) is 23.9. The number of ether oxygens (including phenoxy) is 3. The second-order valence-electron chi connectivity index (χ2n) is 5.80. The van der Waals surface area contributed by atoms with Gasteiger partial charge >= 0.3 is 12.1 Å². The number of hydrogen-bond donors (Lipinski definition) is 1. The van der Waals surface area contributed by atoms with E-state index in [0.717, 1.165) is 18.2 Å². The highest BCUT2D eigenvalue weighted by Gasteiger charge is 2.31. The summed E-state index contributed by atoms with van der Waals surface area (Å²) in [5.74, 6) is -0.993. The van der Waals surface area contributed by atoms with Crippen LogP contribution in [0.1, 0.15) is 22.8 Å². The fraction of sp³-hybridized carbons (Fsp3) is 0.263. The minimum Gasteiger partial charge on any atom is -0.493 e. The van der Waals surface area contributed by atoms with E-state index in [1.807, 2.05) is 0 Å². The van der Waals surface area contributed by atoms with Gasteiger partial charge in [-0.25, -0.2) is 4.79 Å². The molecule has 10 heteroatoms. The maximum atomic E-state index is 12.9. The van der Waals surface area contributed by atoms with Gasteiger partial charge in [0, 0.05) is 0 Å². The molecule has 2 aromatic rings. The van der Waals surface area contributed by atoms with Crippen LogP contribution < -0.4 is 14.8 Å². The number of hydrogen-bond acceptors (Lipinski definition) is 5. The van der Waals surface area contributed by atoms with Crippen LogP contribution in [0.25, 0.3) is 0 Å². The molecule has 0 spiro atoms. The number of benzene rings is 2. The molecule has 0 aliphatic rings. The van der Waals surface area contributed by atoms with Crippen molar-refractivity contribution in [1.82, 2.24) is 0 Å². The molecule has 0 unspecified atom stereocenters. The monoisotopic (exact) mass is 431 g/mol. The second-order valence-corrected chi connectivity index (χ2v) is 6.21. The molecule has 2 aromatic carbocycles. The molecule has 0 aliphatic carbocycles. The number of nitrogens with one attached hydrogen (secondary N) is 1. The molecule has 0 saturated carbocycles. The van der Waals surface area contributed by atoms with Gasteiger partial charge in [-0.2, -0.15) is 13.2 Å². The molecule has 2 rings (SSSR count). The SMILES string of the molecule is COC(=O)c1ccc(O[C@H](C)C(=O)Nc2cc(C(F)(F)F)ccc2Cl)c(OC)c1. The number of amides is 1. The van der Waals surface area contributed by atoms with Gasteiger partial charge in [0.1, 0.15) is 0 Å². The van der Waals surface area contributed by atoms with Crippen LogP contribution in [0.2, 0.25) is 5.02 Å². The maximum Gasteiger partial charge on any atom is 0.416 e. The zero-order valence-electron chi connectivity index (χ0n) is 15.6. The highest BCUT2D eigenvalue weighted by atomic mass is 35.5. The van der Waals surface area contributed by atoms with Crippen molar-refractivity contribution in [2.75, 3.05) is 19.5 Å². The number of anilines is 1. The van der Waals surface area contributed by atoms with E-state index in [1.54, 1.807) is 0 Å². The number of alkyl halides is 3. The summed E-state index contributed by atoms with van der Waals surface area (Å²) in [5.41, 5.74) is -0.940. The molecule has 29 heavy (non-hydrogen) atoms. The van der Waals surface area contributed by atoms with Gasteiger partial charge in [-0.3, -0.25) is 4.79 Å². The van der Waals surface area contributed by atoms with E-state index in [1.165, 1.54) is 39.3 Å². The Labute approximate surface area is 169 Å². The van der Waals surface area contributed by atoms with E-state index < -0.39 is 29.7 Å². The van der Waals surface area contributed by atoms with Crippen LogP contribution in [0.4, 0.5) is 18.9 Å². The fourth-order valence-electron chi connectivity index (χ4n) is 2.29. The van der Waals surface area contributed by atoms with E-state index in [9.17, 15) is 22.8 Å². The Morgan fingerprint density at radius 2 is 1.76 bits per heavy atom. The molecule has 0 saturated heterocycles. The third kappa shape index (κ3) is 5.54. The summed E-state index contributed by atoms with van der Waals surface area (Å²) in [7, 11) is 2.57. The normalized spacial score (nSPS) is 12.1. The lowest BCUT2D eigenvalue weighted by molar-refractivity contribution is -0.137. The number of carbonyl (C=O) groups is 2. The molecule has 6 nitrogen and oxygen atoms in total. The first kappa shape index (κ1) is 22.4. The average molecular weight is 432 g/mol. The Morgan fingerprint density at radius 1 is 1.07 bits per heavy atom. The molecular weight excluding hydrogens is 415 g/mol. The van der Waals surface area contributed by atoms with E-state index in [2.05, 4.69) is 10.1 Å². The van der Waals surface area contributed by atoms with Crippen molar-refractivity contribution < 1.29 is 37.0 Å². The molecule has 0 bridgehead atoms. The van der Waals surface area contributed by atoms with Crippen molar-refractivity contribution in [3.63, 3.8) is 0 Å². The summed E-state index contributed by atoms with van der Waals surface area (Å²) in [6.07, 6.45) is -5.69. The highest BCUT2D eigenvalue weighted by molar-refractivity contribution is 6.33. The molecule has 0 heterocycles. The first-order valence-corrected chi connectivity index (χ1v) is 8.55. The van der Waals surface area contributed by atoms with Crippen LogP contribution >= 0.6 is 11.6 Å². The van der Waals surface area contributed by atoms with Crippen LogP contribution in [-0.2, 0) is 15.7 Å². The van der Waals surface area contributed by atoms with Gasteiger partial charge in [0.2, 0.25) is 0 Å². The van der Waals surface area contributed by atoms with Gasteiger partial charge in [0.15, 0.2) is 17.6 Å². The van der Waals surface area contributed by atoms with Gasteiger partial charge in [0.05, 0.1) is 36.1 Å². The van der Waals surface area contributed by atoms with Crippen molar-refractivity contribution in [3.05, 3.63) is 52.5 Å². The van der Waals surface area contributed by atoms with Crippen molar-refractivity contribution in [3.8, 4) is 11.5 Å². The smallest absolute Gasteiger partial charge is 0.416 e. The molecule has 1 amide bonds. The zero-order valence-corrected chi connectivity index (χ0v) is 16.4. The summed E-state index contributed by atoms with van der Waals surface area (Å²) in [5, 5.41) is 2.25. The standard InChI is InChI=1S/C19H17ClF3NO5/c1-10(29-15-7-4-11(18(26)28-3)8-16(15)27-2)17(25)24-14-9-12(19(21,22)23)5-6-13(14)20/h4-10H,1-3H3,(H,24,25)/t10-/m1/s1. The maximum absolute atomic E-state index is 12.9. The third-order valence-corrected chi connectivity index (χ3v) is 4.14. The summed E-state index contributed by atoms with van der Waals surface area (Å²) in [6, 6.07) is 6.78. The Hall–Kier alpha value is -2.94. The lowest BCUT2D eigenvalue weighted by Gasteiger charge is -2.18. The minimum absolute atomic E-state index is 0.0569. The summed E-state index contributed by atoms with van der Waals surface area (Å²) in [6.45, 7) is 1.39. The average Bonchev–Trinajstić information content (AvgIpc) is 2.68. The van der Waals surface area contributed by atoms with Gasteiger partial charge in [-0.1, -0.05) is 11.6 Å². The van der Waals surface area contributed by atoms with Crippen LogP contribution in [0.3, 0.4) is 0 Å². The molecule has 0 aliphatic heterocycles. The number of rotatable bonds is 6. The van der Waals surface area contributed by atoms with Gasteiger partial charge in [-0.15, -0.1) is 0 Å². The van der Waals surface area contributed by atoms with E-state index in [-0.39, 0.29) is 27.8 Å². The molecule has 0 aromatic heterocycles. The van der Waals surface area contributed by atoms with E-state index in [0.29, 0.717) is 0 Å². The number of halogens is 4. The first-order chi connectivity index (χ1) is 13.6. The minimum atomic E-state index is -4.58. The summed E-state index contributed by atoms with van der Waals surface area (Å²) < 4.78 is 53.8. The Bertz CT molecular complexity index is 917. The zero-order chi connectivity index (χ0) is 21.8. The van der Waals surface area contributed by atoms with Crippen molar-refractivity contribution in [2.24, 2.45) is 0 Å². The van der Waals surface area contributed by atoms with Crippen LogP contribution in [0.5, 0.6) is 11.5 Å². The van der Waals surface area contributed by atoms with Gasteiger partial charge < -0.3 is 19.5 Å². The Morgan fingerprint density at radius 3 is 2.34 bits per heavy atom. The van der Waals surface area contributed by atoms with Crippen LogP contribution in [-0.4, -0.2) is 32.2 Å². The third-order valence-electron chi connectivity index (χ3n) is 3.81. The first-order valence-electron chi connectivity index (χ1n) is 8.17. The quantitative estimate of drug-likeness (QED) is 0.679. The van der Waals surface area contributed by atoms with Gasteiger partial charge in [0.25, 0.3) is 5.91 Å². The summed E-state index contributed by atoms with van der Waals surface area (Å²) >= 11 is 5.88. The van der Waals surface area contributed by atoms with E-state index >= 15 is 0 Å². The van der Waals surface area contributed by atoms with Crippen molar-refractivity contribution in [1.29, 1.82) is 0 Å². The predicted octanol–water partition coefficient (Wildman–Crippen LogP) is 4.56. The Kier molecular flexibility index (Phi) is 6.97. The highest BCUT2D eigenvalue weighted by Crippen LogP contribution is 2.34. The van der Waals surface area contributed by atoms with Crippen LogP contribution in [0, 0.1) is 0 Å². The lowest BCUT2D eigenvalue weighted by Crippen LogP contribution is -2.30. The molecule has 0 radical (unpaired) electrons. The van der Waals surface area contributed by atoms with Gasteiger partial charge in [-0.05, 0) is 43.3 Å². The predicted molar refractivity (Wildman–Crippen MR) is 99.5 cm³/mol. The molecule has 1 N–H and O–H groups in total. The topological polar surface area (TPSA) is 73.9 Å². The van der Waals surface area contributed by atoms with Crippen molar-refractivity contribution in [2.45, 2.75) is 19.2 Å². The molecule has 0 fully saturated rings. The lowest BCUT2D eigenvalue weighted by atomic mass is 10.2. The largest absolute Gasteiger partial charge is 0.493 e. The number of esters is 1. The number of methoxy groups -OCH3 is 2.